The van der Waals surface area contributed by atoms with E-state index in [1.807, 2.05) is 54.6 Å². The molecule has 4 aromatic rings. The number of carbonyl (C=O) groups excluding carboxylic acids is 2. The molecule has 1 N–H and O–H groups in total. The second kappa shape index (κ2) is 11.0. The van der Waals surface area contributed by atoms with Crippen LogP contribution in [0.5, 0.6) is 0 Å². The number of imidazole rings is 1. The summed E-state index contributed by atoms with van der Waals surface area (Å²) in [6.07, 6.45) is 0.933. The predicted octanol–water partition coefficient (Wildman–Crippen LogP) is 5.23. The topological polar surface area (TPSA) is 73.2 Å². The summed E-state index contributed by atoms with van der Waals surface area (Å²) >= 11 is 1.31. The summed E-state index contributed by atoms with van der Waals surface area (Å²) in [6.45, 7) is 4.47. The van der Waals surface area contributed by atoms with Crippen LogP contribution in [0.15, 0.2) is 78.0 Å². The Kier molecular flexibility index (Phi) is 7.65. The van der Waals surface area contributed by atoms with Crippen LogP contribution in [0.2, 0.25) is 0 Å². The van der Waals surface area contributed by atoms with Gasteiger partial charge in [0.05, 0.1) is 23.3 Å². The third-order valence-corrected chi connectivity index (χ3v) is 6.32. The number of fused-ring (bicyclic) bond motifs is 1. The van der Waals surface area contributed by atoms with Crippen LogP contribution in [0.25, 0.3) is 11.0 Å². The third-order valence-electron chi connectivity index (χ3n) is 5.37. The zero-order valence-corrected chi connectivity index (χ0v) is 20.1. The van der Waals surface area contributed by atoms with Gasteiger partial charge < -0.3 is 14.6 Å². The lowest BCUT2D eigenvalue weighted by Gasteiger charge is -2.10. The summed E-state index contributed by atoms with van der Waals surface area (Å²) in [7, 11) is 0. The fraction of sp³-hybridized carbons (Fsp3) is 0.222. The van der Waals surface area contributed by atoms with Gasteiger partial charge in [-0.25, -0.2) is 4.98 Å². The smallest absolute Gasteiger partial charge is 0.316 e. The number of carbonyl (C=O) groups is 2. The minimum absolute atomic E-state index is 0.0651. The zero-order valence-electron chi connectivity index (χ0n) is 19.3. The number of thioether (sulfide) groups is 1. The van der Waals surface area contributed by atoms with E-state index in [2.05, 4.69) is 41.9 Å². The van der Waals surface area contributed by atoms with Crippen LogP contribution in [-0.4, -0.2) is 33.8 Å². The molecule has 0 saturated carbocycles. The summed E-state index contributed by atoms with van der Waals surface area (Å²) < 4.78 is 7.29. The highest BCUT2D eigenvalue weighted by atomic mass is 32.2. The zero-order chi connectivity index (χ0) is 23.9. The molecule has 0 unspecified atom stereocenters. The highest BCUT2D eigenvalue weighted by molar-refractivity contribution is 7.99. The molecule has 0 saturated heterocycles. The fourth-order valence-corrected chi connectivity index (χ4v) is 4.45. The van der Waals surface area contributed by atoms with Crippen molar-refractivity contribution in [2.45, 2.75) is 32.0 Å². The van der Waals surface area contributed by atoms with E-state index >= 15 is 0 Å². The molecule has 0 bridgehead atoms. The Hall–Kier alpha value is -3.58. The van der Waals surface area contributed by atoms with Gasteiger partial charge in [0.1, 0.15) is 0 Å². The number of rotatable bonds is 9. The highest BCUT2D eigenvalue weighted by Gasteiger charge is 2.15. The molecule has 1 amide bonds. The molecule has 0 atom stereocenters. The Balaban J connectivity index is 1.36. The van der Waals surface area contributed by atoms with Gasteiger partial charge in [-0.2, -0.15) is 0 Å². The number of aryl methyl sites for hydroxylation is 2. The monoisotopic (exact) mass is 473 g/mol. The number of nitrogens with one attached hydrogen (secondary N) is 1. The van der Waals surface area contributed by atoms with Crippen molar-refractivity contribution in [1.82, 2.24) is 9.55 Å². The number of anilines is 1. The van der Waals surface area contributed by atoms with Gasteiger partial charge >= 0.3 is 5.97 Å². The van der Waals surface area contributed by atoms with Crippen molar-refractivity contribution < 1.29 is 14.3 Å². The van der Waals surface area contributed by atoms with Gasteiger partial charge in [0.15, 0.2) is 11.8 Å². The highest BCUT2D eigenvalue weighted by Crippen LogP contribution is 2.25. The molecule has 0 aliphatic rings. The molecule has 0 aliphatic carbocycles. The molecule has 0 radical (unpaired) electrons. The maximum absolute atomic E-state index is 12.3. The standard InChI is InChI=1S/C27H27N3O3S/c1-3-20-11-13-22(14-12-20)28-25(31)17-33-26(32)18-34-27-29-23-9-4-5-10-24(23)30(27)16-21-8-6-7-19(2)15-21/h4-15H,3,16-18H2,1-2H3,(H,28,31). The van der Waals surface area contributed by atoms with Gasteiger partial charge in [-0.05, 0) is 48.7 Å². The Morgan fingerprint density at radius 1 is 1.00 bits per heavy atom. The first kappa shape index (κ1) is 23.6. The molecule has 7 heteroatoms. The van der Waals surface area contributed by atoms with Crippen molar-refractivity contribution in [3.63, 3.8) is 0 Å². The molecular weight excluding hydrogens is 446 g/mol. The maximum Gasteiger partial charge on any atom is 0.316 e. The van der Waals surface area contributed by atoms with E-state index in [-0.39, 0.29) is 18.3 Å². The average molecular weight is 474 g/mol. The van der Waals surface area contributed by atoms with E-state index in [1.165, 1.54) is 22.9 Å². The van der Waals surface area contributed by atoms with Gasteiger partial charge in [0.2, 0.25) is 0 Å². The van der Waals surface area contributed by atoms with Crippen LogP contribution < -0.4 is 5.32 Å². The van der Waals surface area contributed by atoms with Crippen LogP contribution in [0, 0.1) is 6.92 Å². The summed E-state index contributed by atoms with van der Waals surface area (Å²) in [5, 5.41) is 3.48. The molecular formula is C27H27N3O3S. The van der Waals surface area contributed by atoms with Crippen molar-refractivity contribution in [3.05, 3.63) is 89.5 Å². The SMILES string of the molecule is CCc1ccc(NC(=O)COC(=O)CSc2nc3ccccc3n2Cc2cccc(C)c2)cc1. The molecule has 174 valence electrons. The van der Waals surface area contributed by atoms with Gasteiger partial charge in [-0.1, -0.05) is 72.8 Å². The molecule has 3 aromatic carbocycles. The second-order valence-corrected chi connectivity index (χ2v) is 8.95. The molecule has 0 spiro atoms. The number of esters is 1. The van der Waals surface area contributed by atoms with Crippen molar-refractivity contribution in [3.8, 4) is 0 Å². The second-order valence-electron chi connectivity index (χ2n) is 8.01. The van der Waals surface area contributed by atoms with Crippen LogP contribution in [0.3, 0.4) is 0 Å². The van der Waals surface area contributed by atoms with Crippen molar-refractivity contribution >= 4 is 40.4 Å². The lowest BCUT2D eigenvalue weighted by Crippen LogP contribution is -2.21. The van der Waals surface area contributed by atoms with E-state index in [1.54, 1.807) is 0 Å². The maximum atomic E-state index is 12.3. The Bertz CT molecular complexity index is 1300. The van der Waals surface area contributed by atoms with E-state index in [4.69, 9.17) is 9.72 Å². The van der Waals surface area contributed by atoms with E-state index in [9.17, 15) is 9.59 Å². The van der Waals surface area contributed by atoms with Crippen molar-refractivity contribution in [2.24, 2.45) is 0 Å². The summed E-state index contributed by atoms with van der Waals surface area (Å²) in [6, 6.07) is 23.8. The Morgan fingerprint density at radius 3 is 2.56 bits per heavy atom. The number of hydrogen-bond acceptors (Lipinski definition) is 5. The first-order chi connectivity index (χ1) is 16.5. The number of para-hydroxylation sites is 2. The quantitative estimate of drug-likeness (QED) is 0.266. The van der Waals surface area contributed by atoms with Gasteiger partial charge in [-0.3, -0.25) is 9.59 Å². The fourth-order valence-electron chi connectivity index (χ4n) is 3.64. The minimum Gasteiger partial charge on any atom is -0.455 e. The number of nitrogens with zero attached hydrogens (tertiary/aromatic N) is 2. The lowest BCUT2D eigenvalue weighted by atomic mass is 10.1. The minimum atomic E-state index is -0.462. The third kappa shape index (κ3) is 6.05. The summed E-state index contributed by atoms with van der Waals surface area (Å²) in [4.78, 5) is 29.2. The number of hydrogen-bond donors (Lipinski definition) is 1. The summed E-state index contributed by atoms with van der Waals surface area (Å²) in [5.74, 6) is -0.764. The number of ether oxygens (including phenoxy) is 1. The molecule has 1 aromatic heterocycles. The Labute approximate surface area is 203 Å². The van der Waals surface area contributed by atoms with Crippen LogP contribution in [0.1, 0.15) is 23.6 Å². The van der Waals surface area contributed by atoms with E-state index in [0.29, 0.717) is 12.2 Å². The normalized spacial score (nSPS) is 10.9. The van der Waals surface area contributed by atoms with Crippen LogP contribution in [0.4, 0.5) is 5.69 Å². The predicted molar refractivity (Wildman–Crippen MR) is 136 cm³/mol. The largest absolute Gasteiger partial charge is 0.455 e. The first-order valence-electron chi connectivity index (χ1n) is 11.2. The molecule has 0 fully saturated rings. The number of benzene rings is 3. The average Bonchev–Trinajstić information content (AvgIpc) is 3.19. The van der Waals surface area contributed by atoms with Gasteiger partial charge in [0.25, 0.3) is 5.91 Å². The van der Waals surface area contributed by atoms with Crippen molar-refractivity contribution in [2.75, 3.05) is 17.7 Å². The molecule has 1 heterocycles. The Morgan fingerprint density at radius 2 is 1.79 bits per heavy atom. The molecule has 6 nitrogen and oxygen atoms in total. The van der Waals surface area contributed by atoms with Crippen molar-refractivity contribution in [1.29, 1.82) is 0 Å². The molecule has 0 aliphatic heterocycles. The van der Waals surface area contributed by atoms with E-state index in [0.717, 1.165) is 28.2 Å². The van der Waals surface area contributed by atoms with Gasteiger partial charge in [0, 0.05) is 5.69 Å². The molecule has 34 heavy (non-hydrogen) atoms. The summed E-state index contributed by atoms with van der Waals surface area (Å²) in [5.41, 5.74) is 6.11. The van der Waals surface area contributed by atoms with Gasteiger partial charge in [-0.15, -0.1) is 0 Å². The number of amides is 1. The first-order valence-corrected chi connectivity index (χ1v) is 12.2. The lowest BCUT2D eigenvalue weighted by molar-refractivity contribution is -0.144. The molecule has 4 rings (SSSR count). The van der Waals surface area contributed by atoms with E-state index < -0.39 is 5.97 Å². The van der Waals surface area contributed by atoms with Crippen LogP contribution >= 0.6 is 11.8 Å². The number of aromatic nitrogens is 2. The van der Waals surface area contributed by atoms with Crippen LogP contribution in [-0.2, 0) is 27.3 Å².